The zero-order chi connectivity index (χ0) is 8.97. The number of primary amides is 1. The van der Waals surface area contributed by atoms with Gasteiger partial charge in [0.15, 0.2) is 0 Å². The molecule has 0 aromatic carbocycles. The van der Waals surface area contributed by atoms with Crippen LogP contribution < -0.4 is 21.9 Å². The Morgan fingerprint density at radius 3 is 2.33 bits per heavy atom. The minimum atomic E-state index is -0.779. The maximum absolute atomic E-state index is 10.9. The molecular weight excluding hydrogens is 160 g/mol. The SMILES string of the molecule is NC(=O)NNC(=O)NC1CCC1. The summed E-state index contributed by atoms with van der Waals surface area (Å²) in [5.74, 6) is 0. The minimum absolute atomic E-state index is 0.250. The number of urea groups is 2. The first-order chi connectivity index (χ1) is 5.68. The first-order valence-corrected chi connectivity index (χ1v) is 3.80. The van der Waals surface area contributed by atoms with Crippen LogP contribution in [0.15, 0.2) is 0 Å². The van der Waals surface area contributed by atoms with E-state index in [1.54, 1.807) is 0 Å². The fraction of sp³-hybridized carbons (Fsp3) is 0.667. The second kappa shape index (κ2) is 3.80. The van der Waals surface area contributed by atoms with Gasteiger partial charge in [-0.1, -0.05) is 0 Å². The molecular formula is C6H12N4O2. The van der Waals surface area contributed by atoms with Gasteiger partial charge in [-0.25, -0.2) is 20.4 Å². The molecule has 6 nitrogen and oxygen atoms in total. The first-order valence-electron chi connectivity index (χ1n) is 3.80. The highest BCUT2D eigenvalue weighted by atomic mass is 16.2. The molecule has 0 bridgehead atoms. The highest BCUT2D eigenvalue weighted by Gasteiger charge is 2.18. The first kappa shape index (κ1) is 8.63. The van der Waals surface area contributed by atoms with Crippen LogP contribution in [-0.2, 0) is 0 Å². The molecule has 1 fully saturated rings. The predicted octanol–water partition coefficient (Wildman–Crippen LogP) is -0.579. The standard InChI is InChI=1S/C6H12N4O2/c7-5(11)9-10-6(12)8-4-2-1-3-4/h4H,1-3H2,(H3,7,9,11)(H2,8,10,12). The van der Waals surface area contributed by atoms with Gasteiger partial charge in [-0.15, -0.1) is 0 Å². The number of amides is 4. The minimum Gasteiger partial charge on any atom is -0.350 e. The van der Waals surface area contributed by atoms with Crippen molar-refractivity contribution in [3.63, 3.8) is 0 Å². The van der Waals surface area contributed by atoms with Crippen molar-refractivity contribution in [2.75, 3.05) is 0 Å². The van der Waals surface area contributed by atoms with Crippen LogP contribution in [0.5, 0.6) is 0 Å². The van der Waals surface area contributed by atoms with Crippen LogP contribution in [0.2, 0.25) is 0 Å². The van der Waals surface area contributed by atoms with Crippen molar-refractivity contribution in [3.05, 3.63) is 0 Å². The van der Waals surface area contributed by atoms with E-state index in [1.165, 1.54) is 0 Å². The Balaban J connectivity index is 2.06. The summed E-state index contributed by atoms with van der Waals surface area (Å²) >= 11 is 0. The average Bonchev–Trinajstić information content (AvgIpc) is 1.93. The molecule has 0 aliphatic heterocycles. The van der Waals surface area contributed by atoms with Gasteiger partial charge in [-0.05, 0) is 19.3 Å². The zero-order valence-electron chi connectivity index (χ0n) is 6.59. The van der Waals surface area contributed by atoms with Gasteiger partial charge in [0.1, 0.15) is 0 Å². The second-order valence-electron chi connectivity index (χ2n) is 2.72. The molecule has 0 atom stereocenters. The Morgan fingerprint density at radius 2 is 1.92 bits per heavy atom. The van der Waals surface area contributed by atoms with Crippen LogP contribution in [0.1, 0.15) is 19.3 Å². The van der Waals surface area contributed by atoms with E-state index in [-0.39, 0.29) is 6.04 Å². The van der Waals surface area contributed by atoms with Crippen LogP contribution in [0, 0.1) is 0 Å². The quantitative estimate of drug-likeness (QED) is 0.398. The van der Waals surface area contributed by atoms with E-state index in [0.717, 1.165) is 19.3 Å². The average molecular weight is 172 g/mol. The van der Waals surface area contributed by atoms with Crippen LogP contribution >= 0.6 is 0 Å². The molecule has 0 heterocycles. The zero-order valence-corrected chi connectivity index (χ0v) is 6.59. The van der Waals surface area contributed by atoms with E-state index >= 15 is 0 Å². The molecule has 1 rings (SSSR count). The van der Waals surface area contributed by atoms with Gasteiger partial charge in [0.05, 0.1) is 0 Å². The molecule has 0 saturated heterocycles. The normalized spacial score (nSPS) is 16.0. The number of carbonyl (C=O) groups is 2. The summed E-state index contributed by atoms with van der Waals surface area (Å²) in [4.78, 5) is 21.0. The lowest BCUT2D eigenvalue weighted by Gasteiger charge is -2.26. The highest BCUT2D eigenvalue weighted by Crippen LogP contribution is 2.17. The number of carbonyl (C=O) groups excluding carboxylic acids is 2. The van der Waals surface area contributed by atoms with Gasteiger partial charge in [-0.3, -0.25) is 0 Å². The largest absolute Gasteiger partial charge is 0.350 e. The maximum Gasteiger partial charge on any atom is 0.333 e. The fourth-order valence-corrected chi connectivity index (χ4v) is 0.892. The van der Waals surface area contributed by atoms with Gasteiger partial charge in [0.2, 0.25) is 0 Å². The molecule has 5 N–H and O–H groups in total. The number of hydrazine groups is 1. The van der Waals surface area contributed by atoms with Crippen molar-refractivity contribution in [1.82, 2.24) is 16.2 Å². The van der Waals surface area contributed by atoms with Crippen LogP contribution in [0.25, 0.3) is 0 Å². The van der Waals surface area contributed by atoms with E-state index in [2.05, 4.69) is 10.7 Å². The Labute approximate surface area is 69.8 Å². The summed E-state index contributed by atoms with van der Waals surface area (Å²) in [5, 5.41) is 2.65. The molecule has 68 valence electrons. The molecule has 6 heteroatoms. The van der Waals surface area contributed by atoms with Crippen molar-refractivity contribution in [2.24, 2.45) is 5.73 Å². The lowest BCUT2D eigenvalue weighted by Crippen LogP contribution is -2.52. The maximum atomic E-state index is 10.9. The third-order valence-corrected chi connectivity index (χ3v) is 1.74. The summed E-state index contributed by atoms with van der Waals surface area (Å²) in [6.45, 7) is 0. The van der Waals surface area contributed by atoms with Crippen LogP contribution in [0.3, 0.4) is 0 Å². The van der Waals surface area contributed by atoms with E-state index in [9.17, 15) is 9.59 Å². The molecule has 0 spiro atoms. The Kier molecular flexibility index (Phi) is 2.73. The van der Waals surface area contributed by atoms with E-state index in [0.29, 0.717) is 0 Å². The van der Waals surface area contributed by atoms with Gasteiger partial charge >= 0.3 is 12.1 Å². The molecule has 0 aromatic rings. The summed E-state index contributed by atoms with van der Waals surface area (Å²) in [6.07, 6.45) is 3.15. The second-order valence-corrected chi connectivity index (χ2v) is 2.72. The summed E-state index contributed by atoms with van der Waals surface area (Å²) < 4.78 is 0. The summed E-state index contributed by atoms with van der Waals surface area (Å²) in [6, 6.07) is -0.947. The molecule has 4 amide bonds. The molecule has 0 radical (unpaired) electrons. The van der Waals surface area contributed by atoms with E-state index < -0.39 is 12.1 Å². The van der Waals surface area contributed by atoms with Gasteiger partial charge in [0, 0.05) is 6.04 Å². The van der Waals surface area contributed by atoms with Crippen molar-refractivity contribution in [3.8, 4) is 0 Å². The van der Waals surface area contributed by atoms with Gasteiger partial charge in [-0.2, -0.15) is 0 Å². The number of hydrogen-bond donors (Lipinski definition) is 4. The van der Waals surface area contributed by atoms with E-state index in [1.807, 2.05) is 5.43 Å². The molecule has 1 aliphatic carbocycles. The Bertz CT molecular complexity index is 190. The van der Waals surface area contributed by atoms with E-state index in [4.69, 9.17) is 5.73 Å². The van der Waals surface area contributed by atoms with Gasteiger partial charge in [0.25, 0.3) is 0 Å². The summed E-state index contributed by atoms with van der Waals surface area (Å²) in [7, 11) is 0. The van der Waals surface area contributed by atoms with Crippen molar-refractivity contribution in [1.29, 1.82) is 0 Å². The summed E-state index contributed by atoms with van der Waals surface area (Å²) in [5.41, 5.74) is 8.81. The monoisotopic (exact) mass is 172 g/mol. The smallest absolute Gasteiger partial charge is 0.333 e. The van der Waals surface area contributed by atoms with Crippen LogP contribution in [-0.4, -0.2) is 18.1 Å². The number of nitrogens with two attached hydrogens (primary N) is 1. The number of nitrogens with one attached hydrogen (secondary N) is 3. The predicted molar refractivity (Wildman–Crippen MR) is 42.0 cm³/mol. The van der Waals surface area contributed by atoms with Crippen molar-refractivity contribution < 1.29 is 9.59 Å². The molecule has 0 aromatic heterocycles. The Morgan fingerprint density at radius 1 is 1.25 bits per heavy atom. The third-order valence-electron chi connectivity index (χ3n) is 1.74. The lowest BCUT2D eigenvalue weighted by molar-refractivity contribution is 0.219. The highest BCUT2D eigenvalue weighted by molar-refractivity contribution is 5.79. The van der Waals surface area contributed by atoms with Crippen molar-refractivity contribution in [2.45, 2.75) is 25.3 Å². The lowest BCUT2D eigenvalue weighted by atomic mass is 9.93. The topological polar surface area (TPSA) is 96.2 Å². The van der Waals surface area contributed by atoms with Crippen molar-refractivity contribution >= 4 is 12.1 Å². The third kappa shape index (κ3) is 2.65. The number of hydrogen-bond acceptors (Lipinski definition) is 2. The Hall–Kier alpha value is -1.46. The molecule has 12 heavy (non-hydrogen) atoms. The fourth-order valence-electron chi connectivity index (χ4n) is 0.892. The van der Waals surface area contributed by atoms with Gasteiger partial charge < -0.3 is 11.1 Å². The molecule has 1 saturated carbocycles. The number of rotatable bonds is 1. The molecule has 0 unspecified atom stereocenters. The van der Waals surface area contributed by atoms with Crippen LogP contribution in [0.4, 0.5) is 9.59 Å². The molecule has 1 aliphatic rings.